The van der Waals surface area contributed by atoms with Gasteiger partial charge in [0.1, 0.15) is 5.76 Å². The number of hydrogen-bond donors (Lipinski definition) is 2. The second-order valence-electron chi connectivity index (χ2n) is 6.04. The molecule has 1 saturated carbocycles. The van der Waals surface area contributed by atoms with E-state index in [-0.39, 0.29) is 17.6 Å². The average molecular weight is 351 g/mol. The minimum absolute atomic E-state index is 0.0143. The van der Waals surface area contributed by atoms with Gasteiger partial charge in [-0.2, -0.15) is 5.10 Å². The molecule has 0 saturated heterocycles. The molecule has 1 fully saturated rings. The van der Waals surface area contributed by atoms with Gasteiger partial charge in [0.2, 0.25) is 0 Å². The number of hydrogen-bond acceptors (Lipinski definition) is 4. The number of nitrogens with one attached hydrogen (secondary N) is 2. The van der Waals surface area contributed by atoms with Gasteiger partial charge >= 0.3 is 0 Å². The molecular weight excluding hydrogens is 328 g/mol. The van der Waals surface area contributed by atoms with E-state index in [0.717, 1.165) is 37.4 Å². The molecule has 1 aliphatic carbocycles. The maximum Gasteiger partial charge on any atom is 0.273 e. The fourth-order valence-electron chi connectivity index (χ4n) is 2.96. The monoisotopic (exact) mass is 350 g/mol. The minimum atomic E-state index is -0.258. The highest BCUT2D eigenvalue weighted by molar-refractivity contribution is 6.34. The Morgan fingerprint density at radius 1 is 1.50 bits per heavy atom. The van der Waals surface area contributed by atoms with E-state index < -0.39 is 0 Å². The van der Waals surface area contributed by atoms with Crippen LogP contribution in [0, 0.1) is 0 Å². The van der Waals surface area contributed by atoms with Crippen LogP contribution in [0.5, 0.6) is 0 Å². The number of carbonyl (C=O) groups excluding carboxylic acids is 1. The molecule has 2 heterocycles. The maximum absolute atomic E-state index is 12.5. The SMILES string of the molecule is CCN(CC)[C@H](CNC(=O)c1n[nH]c(C2CC2)c1Cl)c1ccco1. The number of furan rings is 1. The van der Waals surface area contributed by atoms with Crippen LogP contribution < -0.4 is 5.32 Å². The molecule has 0 radical (unpaired) electrons. The van der Waals surface area contributed by atoms with Crippen LogP contribution in [0.3, 0.4) is 0 Å². The van der Waals surface area contributed by atoms with Gasteiger partial charge in [0.05, 0.1) is 23.0 Å². The van der Waals surface area contributed by atoms with E-state index in [4.69, 9.17) is 16.0 Å². The van der Waals surface area contributed by atoms with E-state index in [0.29, 0.717) is 17.5 Å². The Labute approximate surface area is 146 Å². The van der Waals surface area contributed by atoms with E-state index in [2.05, 4.69) is 34.3 Å². The van der Waals surface area contributed by atoms with Gasteiger partial charge in [-0.05, 0) is 38.1 Å². The van der Waals surface area contributed by atoms with Crippen molar-refractivity contribution in [3.63, 3.8) is 0 Å². The zero-order chi connectivity index (χ0) is 17.1. The van der Waals surface area contributed by atoms with E-state index in [1.165, 1.54) is 0 Å². The van der Waals surface area contributed by atoms with E-state index in [9.17, 15) is 4.79 Å². The number of aromatic nitrogens is 2. The van der Waals surface area contributed by atoms with Gasteiger partial charge in [0.15, 0.2) is 5.69 Å². The summed E-state index contributed by atoms with van der Waals surface area (Å²) in [5, 5.41) is 10.4. The van der Waals surface area contributed by atoms with Gasteiger partial charge in [-0.25, -0.2) is 0 Å². The molecule has 0 aromatic carbocycles. The Balaban J connectivity index is 1.68. The third kappa shape index (κ3) is 3.49. The van der Waals surface area contributed by atoms with Crippen molar-refractivity contribution in [2.24, 2.45) is 0 Å². The summed E-state index contributed by atoms with van der Waals surface area (Å²) < 4.78 is 5.55. The normalized spacial score (nSPS) is 15.7. The first kappa shape index (κ1) is 17.0. The fourth-order valence-corrected chi connectivity index (χ4v) is 3.29. The molecule has 1 atom stereocenters. The lowest BCUT2D eigenvalue weighted by atomic mass is 10.1. The first-order valence-corrected chi connectivity index (χ1v) is 8.82. The van der Waals surface area contributed by atoms with Crippen molar-refractivity contribution in [2.75, 3.05) is 19.6 Å². The molecule has 1 aliphatic rings. The molecule has 130 valence electrons. The average Bonchev–Trinajstić information content (AvgIpc) is 3.13. The van der Waals surface area contributed by atoms with Crippen LogP contribution in [0.2, 0.25) is 5.02 Å². The summed E-state index contributed by atoms with van der Waals surface area (Å²) in [5.41, 5.74) is 1.16. The number of nitrogens with zero attached hydrogens (tertiary/aromatic N) is 2. The Kier molecular flexibility index (Phi) is 5.26. The molecular formula is C17H23ClN4O2. The van der Waals surface area contributed by atoms with Crippen LogP contribution in [0.4, 0.5) is 0 Å². The van der Waals surface area contributed by atoms with Crippen LogP contribution >= 0.6 is 11.6 Å². The van der Waals surface area contributed by atoms with Crippen LogP contribution in [0.15, 0.2) is 22.8 Å². The lowest BCUT2D eigenvalue weighted by molar-refractivity contribution is 0.0925. The van der Waals surface area contributed by atoms with E-state index in [1.807, 2.05) is 12.1 Å². The van der Waals surface area contributed by atoms with Crippen molar-refractivity contribution >= 4 is 17.5 Å². The van der Waals surface area contributed by atoms with Gasteiger partial charge in [-0.15, -0.1) is 0 Å². The Morgan fingerprint density at radius 3 is 2.83 bits per heavy atom. The van der Waals surface area contributed by atoms with Crippen LogP contribution in [-0.2, 0) is 0 Å². The largest absolute Gasteiger partial charge is 0.468 e. The Morgan fingerprint density at radius 2 is 2.25 bits per heavy atom. The number of carbonyl (C=O) groups is 1. The summed E-state index contributed by atoms with van der Waals surface area (Å²) in [6.45, 7) is 6.36. The number of aromatic amines is 1. The van der Waals surface area contributed by atoms with Gasteiger partial charge in [0.25, 0.3) is 5.91 Å². The molecule has 2 aromatic heterocycles. The predicted octanol–water partition coefficient (Wildman–Crippen LogP) is 3.35. The first-order valence-electron chi connectivity index (χ1n) is 8.45. The second kappa shape index (κ2) is 7.40. The quantitative estimate of drug-likeness (QED) is 0.765. The molecule has 3 rings (SSSR count). The van der Waals surface area contributed by atoms with Gasteiger partial charge in [0, 0.05) is 12.5 Å². The summed E-state index contributed by atoms with van der Waals surface area (Å²) in [5.74, 6) is 1.01. The van der Waals surface area contributed by atoms with Crippen molar-refractivity contribution in [3.05, 3.63) is 40.6 Å². The highest BCUT2D eigenvalue weighted by Gasteiger charge is 2.31. The van der Waals surface area contributed by atoms with Gasteiger partial charge in [-0.1, -0.05) is 25.4 Å². The Bertz CT molecular complexity index is 675. The molecule has 7 heteroatoms. The van der Waals surface area contributed by atoms with E-state index in [1.54, 1.807) is 6.26 Å². The third-order valence-electron chi connectivity index (χ3n) is 4.51. The van der Waals surface area contributed by atoms with E-state index >= 15 is 0 Å². The third-order valence-corrected chi connectivity index (χ3v) is 4.90. The summed E-state index contributed by atoms with van der Waals surface area (Å²) in [7, 11) is 0. The smallest absolute Gasteiger partial charge is 0.273 e. The topological polar surface area (TPSA) is 74.2 Å². The van der Waals surface area contributed by atoms with Crippen molar-refractivity contribution in [3.8, 4) is 0 Å². The molecule has 0 unspecified atom stereocenters. The minimum Gasteiger partial charge on any atom is -0.468 e. The number of amides is 1. The molecule has 0 spiro atoms. The summed E-state index contributed by atoms with van der Waals surface area (Å²) in [6.07, 6.45) is 3.86. The summed E-state index contributed by atoms with van der Waals surface area (Å²) >= 11 is 6.30. The number of likely N-dealkylation sites (N-methyl/N-ethyl adjacent to an activating group) is 1. The highest BCUT2D eigenvalue weighted by atomic mass is 35.5. The van der Waals surface area contributed by atoms with Crippen molar-refractivity contribution in [2.45, 2.75) is 38.6 Å². The lowest BCUT2D eigenvalue weighted by Gasteiger charge is -2.28. The zero-order valence-electron chi connectivity index (χ0n) is 14.0. The molecule has 2 N–H and O–H groups in total. The second-order valence-corrected chi connectivity index (χ2v) is 6.41. The van der Waals surface area contributed by atoms with Crippen molar-refractivity contribution in [1.29, 1.82) is 0 Å². The number of rotatable bonds is 8. The molecule has 2 aromatic rings. The summed E-state index contributed by atoms with van der Waals surface area (Å²) in [6, 6.07) is 3.78. The molecule has 6 nitrogen and oxygen atoms in total. The van der Waals surface area contributed by atoms with Crippen molar-refractivity contribution < 1.29 is 9.21 Å². The molecule has 24 heavy (non-hydrogen) atoms. The van der Waals surface area contributed by atoms with Crippen LogP contribution in [-0.4, -0.2) is 40.6 Å². The molecule has 0 bridgehead atoms. The van der Waals surface area contributed by atoms with Crippen LogP contribution in [0.1, 0.15) is 60.6 Å². The summed E-state index contributed by atoms with van der Waals surface area (Å²) in [4.78, 5) is 14.7. The fraction of sp³-hybridized carbons (Fsp3) is 0.529. The van der Waals surface area contributed by atoms with Gasteiger partial charge in [-0.3, -0.25) is 14.8 Å². The van der Waals surface area contributed by atoms with Crippen molar-refractivity contribution in [1.82, 2.24) is 20.4 Å². The Hall–Kier alpha value is -1.79. The lowest BCUT2D eigenvalue weighted by Crippen LogP contribution is -2.38. The first-order chi connectivity index (χ1) is 11.7. The number of H-pyrrole nitrogens is 1. The highest BCUT2D eigenvalue weighted by Crippen LogP contribution is 2.42. The predicted molar refractivity (Wildman–Crippen MR) is 92.3 cm³/mol. The molecule has 1 amide bonds. The van der Waals surface area contributed by atoms with Crippen LogP contribution in [0.25, 0.3) is 0 Å². The number of halogens is 1. The van der Waals surface area contributed by atoms with Gasteiger partial charge < -0.3 is 9.73 Å². The maximum atomic E-state index is 12.5. The standard InChI is InChI=1S/C17H23ClN4O2/c1-3-22(4-2)12(13-6-5-9-24-13)10-19-17(23)16-14(18)15(20-21-16)11-7-8-11/h5-6,9,11-12H,3-4,7-8,10H2,1-2H3,(H,19,23)(H,20,21)/t12-/m1/s1. The molecule has 0 aliphatic heterocycles. The zero-order valence-corrected chi connectivity index (χ0v) is 14.8.